The first-order chi connectivity index (χ1) is 15.6. The number of rotatable bonds is 5. The topological polar surface area (TPSA) is 53.1 Å². The summed E-state index contributed by atoms with van der Waals surface area (Å²) in [5, 5.41) is 0. The Labute approximate surface area is 189 Å². The second kappa shape index (κ2) is 8.94. The van der Waals surface area contributed by atoms with Crippen LogP contribution in [0, 0.1) is 0 Å². The molecule has 0 radical (unpaired) electrons. The van der Waals surface area contributed by atoms with E-state index in [1.165, 1.54) is 19.3 Å². The molecule has 3 aliphatic rings. The van der Waals surface area contributed by atoms with E-state index in [4.69, 9.17) is 4.74 Å². The molecular formula is C26H31N3O3. The van der Waals surface area contributed by atoms with Crippen molar-refractivity contribution in [1.82, 2.24) is 14.7 Å². The van der Waals surface area contributed by atoms with Gasteiger partial charge in [0.1, 0.15) is 0 Å². The van der Waals surface area contributed by atoms with E-state index in [0.717, 1.165) is 36.3 Å². The third-order valence-electron chi connectivity index (χ3n) is 6.95. The third-order valence-corrected chi connectivity index (χ3v) is 6.95. The molecule has 5 rings (SSSR count). The van der Waals surface area contributed by atoms with Crippen LogP contribution in [-0.4, -0.2) is 65.0 Å². The molecule has 0 unspecified atom stereocenters. The smallest absolute Gasteiger partial charge is 0.410 e. The average Bonchev–Trinajstić information content (AvgIpc) is 3.37. The van der Waals surface area contributed by atoms with Gasteiger partial charge in [0.05, 0.1) is 13.1 Å². The maximum absolute atomic E-state index is 13.5. The molecule has 6 heteroatoms. The van der Waals surface area contributed by atoms with Crippen molar-refractivity contribution in [3.05, 3.63) is 71.3 Å². The predicted molar refractivity (Wildman–Crippen MR) is 122 cm³/mol. The van der Waals surface area contributed by atoms with Crippen molar-refractivity contribution >= 4 is 12.0 Å². The zero-order chi connectivity index (χ0) is 22.0. The van der Waals surface area contributed by atoms with Crippen LogP contribution in [0.25, 0.3) is 0 Å². The Morgan fingerprint density at radius 2 is 1.62 bits per heavy atom. The normalized spacial score (nSPS) is 23.7. The summed E-state index contributed by atoms with van der Waals surface area (Å²) in [6.45, 7) is 5.16. The van der Waals surface area contributed by atoms with E-state index >= 15 is 0 Å². The molecule has 2 aromatic rings. The zero-order valence-corrected chi connectivity index (χ0v) is 18.5. The van der Waals surface area contributed by atoms with Gasteiger partial charge in [-0.05, 0) is 43.1 Å². The molecule has 2 aromatic carbocycles. The Morgan fingerprint density at radius 3 is 2.44 bits per heavy atom. The number of likely N-dealkylation sites (tertiary alicyclic amines) is 2. The molecule has 2 amide bonds. The second-order valence-electron chi connectivity index (χ2n) is 9.36. The van der Waals surface area contributed by atoms with Gasteiger partial charge in [0.2, 0.25) is 0 Å². The lowest BCUT2D eigenvalue weighted by molar-refractivity contribution is 0.0551. The van der Waals surface area contributed by atoms with Gasteiger partial charge in [-0.15, -0.1) is 0 Å². The predicted octanol–water partition coefficient (Wildman–Crippen LogP) is 3.91. The summed E-state index contributed by atoms with van der Waals surface area (Å²) in [7, 11) is 0. The van der Waals surface area contributed by atoms with Crippen LogP contribution < -0.4 is 0 Å². The second-order valence-corrected chi connectivity index (χ2v) is 9.36. The van der Waals surface area contributed by atoms with Crippen molar-refractivity contribution in [2.24, 2.45) is 0 Å². The van der Waals surface area contributed by atoms with Crippen LogP contribution in [-0.2, 0) is 17.8 Å². The zero-order valence-electron chi connectivity index (χ0n) is 18.5. The molecule has 3 fully saturated rings. The molecule has 0 aromatic heterocycles. The maximum Gasteiger partial charge on any atom is 0.410 e. The van der Waals surface area contributed by atoms with Gasteiger partial charge in [0.25, 0.3) is 5.91 Å². The Balaban J connectivity index is 1.26. The molecule has 0 aliphatic carbocycles. The summed E-state index contributed by atoms with van der Waals surface area (Å²) in [5.41, 5.74) is 2.36. The fourth-order valence-corrected chi connectivity index (χ4v) is 5.24. The van der Waals surface area contributed by atoms with Crippen LogP contribution in [0.1, 0.15) is 47.2 Å². The standard InChI is InChI=1S/C26H31N3O3/c30-24(23-12-6-5-11-22(23)18-27-14-7-2-8-15-27)28-16-13-26(19-28)20-29(25(31)32-26)17-21-9-3-1-4-10-21/h1,3-6,9-12H,2,7-8,13-20H2/t26-/m0/s1. The first kappa shape index (κ1) is 21.0. The van der Waals surface area contributed by atoms with Gasteiger partial charge in [-0.1, -0.05) is 55.0 Å². The van der Waals surface area contributed by atoms with E-state index in [1.807, 2.05) is 53.4 Å². The molecule has 3 aliphatic heterocycles. The number of ether oxygens (including phenoxy) is 1. The van der Waals surface area contributed by atoms with Gasteiger partial charge in [-0.2, -0.15) is 0 Å². The fraction of sp³-hybridized carbons (Fsp3) is 0.462. The van der Waals surface area contributed by atoms with Crippen LogP contribution in [0.4, 0.5) is 4.79 Å². The highest BCUT2D eigenvalue weighted by molar-refractivity contribution is 5.96. The number of amides is 2. The van der Waals surface area contributed by atoms with Crippen LogP contribution in [0.5, 0.6) is 0 Å². The third kappa shape index (κ3) is 4.37. The van der Waals surface area contributed by atoms with Crippen molar-refractivity contribution < 1.29 is 14.3 Å². The first-order valence-corrected chi connectivity index (χ1v) is 11.7. The van der Waals surface area contributed by atoms with Crippen molar-refractivity contribution in [3.8, 4) is 0 Å². The summed E-state index contributed by atoms with van der Waals surface area (Å²) < 4.78 is 5.85. The Hall–Kier alpha value is -2.86. The van der Waals surface area contributed by atoms with Crippen molar-refractivity contribution in [1.29, 1.82) is 0 Å². The minimum absolute atomic E-state index is 0.0482. The van der Waals surface area contributed by atoms with Crippen LogP contribution in [0.2, 0.25) is 0 Å². The van der Waals surface area contributed by atoms with Gasteiger partial charge in [0.15, 0.2) is 5.60 Å². The number of nitrogens with zero attached hydrogens (tertiary/aromatic N) is 3. The van der Waals surface area contributed by atoms with Crippen LogP contribution in [0.15, 0.2) is 54.6 Å². The molecule has 1 atom stereocenters. The molecule has 0 N–H and O–H groups in total. The van der Waals surface area contributed by atoms with E-state index in [9.17, 15) is 9.59 Å². The highest BCUT2D eigenvalue weighted by Gasteiger charge is 2.50. The highest BCUT2D eigenvalue weighted by Crippen LogP contribution is 2.34. The Kier molecular flexibility index (Phi) is 5.87. The molecule has 3 heterocycles. The van der Waals surface area contributed by atoms with E-state index in [0.29, 0.717) is 32.6 Å². The summed E-state index contributed by atoms with van der Waals surface area (Å²) in [5.74, 6) is 0.0482. The summed E-state index contributed by atoms with van der Waals surface area (Å²) in [4.78, 5) is 32.1. The van der Waals surface area contributed by atoms with Crippen LogP contribution in [0.3, 0.4) is 0 Å². The minimum atomic E-state index is -0.594. The minimum Gasteiger partial charge on any atom is -0.439 e. The molecule has 1 spiro atoms. The van der Waals surface area contributed by atoms with Gasteiger partial charge in [0, 0.05) is 31.6 Å². The van der Waals surface area contributed by atoms with Crippen molar-refractivity contribution in [3.63, 3.8) is 0 Å². The average molecular weight is 434 g/mol. The lowest BCUT2D eigenvalue weighted by atomic mass is 10.0. The number of hydrogen-bond acceptors (Lipinski definition) is 4. The number of carbonyl (C=O) groups is 2. The largest absolute Gasteiger partial charge is 0.439 e. The van der Waals surface area contributed by atoms with Gasteiger partial charge in [-0.25, -0.2) is 4.79 Å². The van der Waals surface area contributed by atoms with Crippen LogP contribution >= 0.6 is 0 Å². The quantitative estimate of drug-likeness (QED) is 0.718. The van der Waals surface area contributed by atoms with Crippen molar-refractivity contribution in [2.45, 2.75) is 44.4 Å². The Morgan fingerprint density at radius 1 is 0.875 bits per heavy atom. The molecule has 32 heavy (non-hydrogen) atoms. The first-order valence-electron chi connectivity index (χ1n) is 11.7. The molecule has 0 saturated carbocycles. The van der Waals surface area contributed by atoms with Gasteiger partial charge in [-0.3, -0.25) is 14.6 Å². The summed E-state index contributed by atoms with van der Waals surface area (Å²) >= 11 is 0. The molecule has 3 saturated heterocycles. The molecular weight excluding hydrogens is 402 g/mol. The van der Waals surface area contributed by atoms with E-state index in [1.54, 1.807) is 4.90 Å². The van der Waals surface area contributed by atoms with E-state index < -0.39 is 5.60 Å². The van der Waals surface area contributed by atoms with Crippen molar-refractivity contribution in [2.75, 3.05) is 32.7 Å². The number of benzene rings is 2. The number of hydrogen-bond donors (Lipinski definition) is 0. The maximum atomic E-state index is 13.5. The fourth-order valence-electron chi connectivity index (χ4n) is 5.24. The molecule has 168 valence electrons. The lowest BCUT2D eigenvalue weighted by Crippen LogP contribution is -2.39. The monoisotopic (exact) mass is 433 g/mol. The Bertz CT molecular complexity index is 973. The lowest BCUT2D eigenvalue weighted by Gasteiger charge is -2.28. The number of piperidine rings is 1. The SMILES string of the molecule is O=C1O[C@]2(CCN(C(=O)c3ccccc3CN3CCCCC3)C2)CN1Cc1ccccc1. The van der Waals surface area contributed by atoms with Gasteiger partial charge < -0.3 is 9.64 Å². The van der Waals surface area contributed by atoms with E-state index in [2.05, 4.69) is 11.0 Å². The number of carbonyl (C=O) groups excluding carboxylic acids is 2. The summed E-state index contributed by atoms with van der Waals surface area (Å²) in [6, 6.07) is 17.9. The van der Waals surface area contributed by atoms with E-state index in [-0.39, 0.29) is 12.0 Å². The van der Waals surface area contributed by atoms with Gasteiger partial charge >= 0.3 is 6.09 Å². The highest BCUT2D eigenvalue weighted by atomic mass is 16.6. The molecule has 0 bridgehead atoms. The summed E-state index contributed by atoms with van der Waals surface area (Å²) in [6.07, 6.45) is 4.16. The molecule has 6 nitrogen and oxygen atoms in total.